The lowest BCUT2D eigenvalue weighted by Gasteiger charge is -2.19. The molecule has 1 aromatic heterocycles. The Labute approximate surface area is 133 Å². The van der Waals surface area contributed by atoms with Crippen LogP contribution in [0.4, 0.5) is 10.6 Å². The Bertz CT molecular complexity index is 607. The summed E-state index contributed by atoms with van der Waals surface area (Å²) in [7, 11) is 0. The highest BCUT2D eigenvalue weighted by Gasteiger charge is 2.27. The van der Waals surface area contributed by atoms with Gasteiger partial charge in [-0.2, -0.15) is 0 Å². The minimum Gasteiger partial charge on any atom is -0.481 e. The standard InChI is InChI=1S/C15H20N2O6/c1-8-9(7-10(12(18)19)13(20)21)5-6-11(16-8)17-14(22)23-15(2,3)4/h5-6,10H,7H2,1-4H3,(H,18,19)(H,20,21)(H,16,17,22). The molecule has 0 aliphatic rings. The predicted molar refractivity (Wildman–Crippen MR) is 81.3 cm³/mol. The van der Waals surface area contributed by atoms with Crippen LogP contribution in [0.15, 0.2) is 12.1 Å². The van der Waals surface area contributed by atoms with E-state index in [-0.39, 0.29) is 12.2 Å². The fraction of sp³-hybridized carbons (Fsp3) is 0.467. The van der Waals surface area contributed by atoms with Gasteiger partial charge in [0, 0.05) is 5.69 Å². The first kappa shape index (κ1) is 18.4. The topological polar surface area (TPSA) is 126 Å². The number of ether oxygens (including phenoxy) is 1. The van der Waals surface area contributed by atoms with E-state index in [0.29, 0.717) is 11.3 Å². The third kappa shape index (κ3) is 5.93. The number of aliphatic carboxylic acids is 2. The van der Waals surface area contributed by atoms with Crippen LogP contribution < -0.4 is 5.32 Å². The van der Waals surface area contributed by atoms with Crippen molar-refractivity contribution in [2.75, 3.05) is 5.32 Å². The van der Waals surface area contributed by atoms with E-state index in [1.54, 1.807) is 27.7 Å². The summed E-state index contributed by atoms with van der Waals surface area (Å²) in [6.45, 7) is 6.79. The van der Waals surface area contributed by atoms with Crippen LogP contribution in [-0.4, -0.2) is 38.8 Å². The molecule has 0 aromatic carbocycles. The van der Waals surface area contributed by atoms with Gasteiger partial charge < -0.3 is 14.9 Å². The highest BCUT2D eigenvalue weighted by molar-refractivity contribution is 5.93. The van der Waals surface area contributed by atoms with Crippen molar-refractivity contribution in [3.05, 3.63) is 23.4 Å². The molecular weight excluding hydrogens is 304 g/mol. The quantitative estimate of drug-likeness (QED) is 0.708. The van der Waals surface area contributed by atoms with Crippen LogP contribution in [0.1, 0.15) is 32.0 Å². The Hall–Kier alpha value is -2.64. The van der Waals surface area contributed by atoms with Crippen LogP contribution in [0.2, 0.25) is 0 Å². The smallest absolute Gasteiger partial charge is 0.413 e. The van der Waals surface area contributed by atoms with Crippen molar-refractivity contribution in [2.45, 2.75) is 39.7 Å². The van der Waals surface area contributed by atoms with Crippen LogP contribution in [0.5, 0.6) is 0 Å². The molecule has 8 heteroatoms. The second kappa shape index (κ2) is 7.08. The van der Waals surface area contributed by atoms with E-state index in [1.807, 2.05) is 0 Å². The molecule has 0 aliphatic heterocycles. The Morgan fingerprint density at radius 3 is 2.22 bits per heavy atom. The van der Waals surface area contributed by atoms with Crippen LogP contribution in [0, 0.1) is 12.8 Å². The number of anilines is 1. The van der Waals surface area contributed by atoms with Crippen molar-refractivity contribution >= 4 is 23.8 Å². The van der Waals surface area contributed by atoms with Gasteiger partial charge in [0.25, 0.3) is 0 Å². The van der Waals surface area contributed by atoms with Gasteiger partial charge in [0.1, 0.15) is 11.4 Å². The molecule has 23 heavy (non-hydrogen) atoms. The van der Waals surface area contributed by atoms with E-state index in [2.05, 4.69) is 10.3 Å². The monoisotopic (exact) mass is 324 g/mol. The van der Waals surface area contributed by atoms with Crippen LogP contribution in [-0.2, 0) is 20.7 Å². The lowest BCUT2D eigenvalue weighted by Crippen LogP contribution is -2.28. The van der Waals surface area contributed by atoms with Crippen molar-refractivity contribution < 1.29 is 29.3 Å². The lowest BCUT2D eigenvalue weighted by atomic mass is 9.99. The van der Waals surface area contributed by atoms with Gasteiger partial charge in [-0.25, -0.2) is 9.78 Å². The van der Waals surface area contributed by atoms with Gasteiger partial charge in [-0.3, -0.25) is 14.9 Å². The normalized spacial score (nSPS) is 11.2. The minimum atomic E-state index is -1.54. The zero-order chi connectivity index (χ0) is 17.8. The fourth-order valence-corrected chi connectivity index (χ4v) is 1.78. The number of aryl methyl sites for hydroxylation is 1. The Morgan fingerprint density at radius 2 is 1.78 bits per heavy atom. The van der Waals surface area contributed by atoms with Gasteiger partial charge in [0.05, 0.1) is 0 Å². The summed E-state index contributed by atoms with van der Waals surface area (Å²) in [5, 5.41) is 20.3. The largest absolute Gasteiger partial charge is 0.481 e. The molecule has 1 aromatic rings. The molecule has 1 heterocycles. The first-order valence-electron chi connectivity index (χ1n) is 6.91. The number of amides is 1. The summed E-state index contributed by atoms with van der Waals surface area (Å²) in [6, 6.07) is 3.00. The highest BCUT2D eigenvalue weighted by atomic mass is 16.6. The SMILES string of the molecule is Cc1nc(NC(=O)OC(C)(C)C)ccc1CC(C(=O)O)C(=O)O. The number of carboxylic acid groups (broad SMARTS) is 2. The number of carboxylic acids is 2. The van der Waals surface area contributed by atoms with Crippen molar-refractivity contribution in [3.63, 3.8) is 0 Å². The molecule has 126 valence electrons. The average molecular weight is 324 g/mol. The molecule has 0 spiro atoms. The molecule has 1 rings (SSSR count). The van der Waals surface area contributed by atoms with Gasteiger partial charge in [0.15, 0.2) is 5.92 Å². The van der Waals surface area contributed by atoms with Crippen molar-refractivity contribution in [2.24, 2.45) is 5.92 Å². The molecule has 0 saturated heterocycles. The molecule has 0 bridgehead atoms. The third-order valence-electron chi connectivity index (χ3n) is 2.84. The van der Waals surface area contributed by atoms with Crippen molar-refractivity contribution in [1.82, 2.24) is 4.98 Å². The molecule has 0 aliphatic carbocycles. The summed E-state index contributed by atoms with van der Waals surface area (Å²) in [6.07, 6.45) is -0.845. The zero-order valence-corrected chi connectivity index (χ0v) is 13.4. The van der Waals surface area contributed by atoms with Crippen LogP contribution in [0.25, 0.3) is 0 Å². The highest BCUT2D eigenvalue weighted by Crippen LogP contribution is 2.17. The van der Waals surface area contributed by atoms with Gasteiger partial charge in [-0.15, -0.1) is 0 Å². The number of carbonyl (C=O) groups is 3. The molecule has 8 nitrogen and oxygen atoms in total. The number of nitrogens with one attached hydrogen (secondary N) is 1. The summed E-state index contributed by atoms with van der Waals surface area (Å²) in [5.74, 6) is -4.12. The summed E-state index contributed by atoms with van der Waals surface area (Å²) in [4.78, 5) is 37.6. The summed E-state index contributed by atoms with van der Waals surface area (Å²) < 4.78 is 5.09. The molecule has 0 fully saturated rings. The number of hydrogen-bond donors (Lipinski definition) is 3. The summed E-state index contributed by atoms with van der Waals surface area (Å²) >= 11 is 0. The van der Waals surface area contributed by atoms with Gasteiger partial charge in [-0.1, -0.05) is 6.07 Å². The fourth-order valence-electron chi connectivity index (χ4n) is 1.78. The maximum absolute atomic E-state index is 11.7. The maximum atomic E-state index is 11.7. The predicted octanol–water partition coefficient (Wildman–Crippen LogP) is 2.06. The number of carbonyl (C=O) groups excluding carboxylic acids is 1. The van der Waals surface area contributed by atoms with Gasteiger partial charge >= 0.3 is 18.0 Å². The van der Waals surface area contributed by atoms with Crippen molar-refractivity contribution in [3.8, 4) is 0 Å². The second-order valence-corrected chi connectivity index (χ2v) is 6.00. The average Bonchev–Trinajstić information content (AvgIpc) is 2.34. The molecule has 1 amide bonds. The van der Waals surface area contributed by atoms with E-state index >= 15 is 0 Å². The van der Waals surface area contributed by atoms with Gasteiger partial charge in [0.2, 0.25) is 0 Å². The summed E-state index contributed by atoms with van der Waals surface area (Å²) in [5.41, 5.74) is 0.274. The Balaban J connectivity index is 2.84. The maximum Gasteiger partial charge on any atom is 0.413 e. The number of aromatic nitrogens is 1. The first-order chi connectivity index (χ1) is 10.5. The molecule has 0 saturated carbocycles. The van der Waals surface area contributed by atoms with E-state index in [4.69, 9.17) is 14.9 Å². The van der Waals surface area contributed by atoms with Crippen LogP contribution in [0.3, 0.4) is 0 Å². The Morgan fingerprint density at radius 1 is 1.22 bits per heavy atom. The number of hydrogen-bond acceptors (Lipinski definition) is 5. The molecule has 3 N–H and O–H groups in total. The van der Waals surface area contributed by atoms with Gasteiger partial charge in [-0.05, 0) is 45.7 Å². The second-order valence-electron chi connectivity index (χ2n) is 6.00. The van der Waals surface area contributed by atoms with E-state index in [1.165, 1.54) is 12.1 Å². The third-order valence-corrected chi connectivity index (χ3v) is 2.84. The van der Waals surface area contributed by atoms with E-state index in [9.17, 15) is 14.4 Å². The molecule has 0 radical (unpaired) electrons. The van der Waals surface area contributed by atoms with Crippen LogP contribution >= 0.6 is 0 Å². The zero-order valence-electron chi connectivity index (χ0n) is 13.4. The van der Waals surface area contributed by atoms with E-state index in [0.717, 1.165) is 0 Å². The first-order valence-corrected chi connectivity index (χ1v) is 6.91. The molecular formula is C15H20N2O6. The lowest BCUT2D eigenvalue weighted by molar-refractivity contribution is -0.154. The van der Waals surface area contributed by atoms with Crippen molar-refractivity contribution in [1.29, 1.82) is 0 Å². The number of rotatable bonds is 5. The Kier molecular flexibility index (Phi) is 5.67. The van der Waals surface area contributed by atoms with E-state index < -0.39 is 29.6 Å². The number of pyridine rings is 1. The number of nitrogens with zero attached hydrogens (tertiary/aromatic N) is 1. The molecule has 0 atom stereocenters. The molecule has 0 unspecified atom stereocenters. The minimum absolute atomic E-state index is 0.184.